The summed E-state index contributed by atoms with van der Waals surface area (Å²) in [6.07, 6.45) is 0. The first-order valence-corrected chi connectivity index (χ1v) is 5.89. The van der Waals surface area contributed by atoms with Crippen molar-refractivity contribution < 1.29 is 14.6 Å². The van der Waals surface area contributed by atoms with E-state index >= 15 is 0 Å². The molecule has 2 aromatic carbocycles. The Labute approximate surface area is 111 Å². The summed E-state index contributed by atoms with van der Waals surface area (Å²) in [4.78, 5) is 13.3. The smallest absolute Gasteiger partial charge is 0.325 e. The van der Waals surface area contributed by atoms with E-state index in [0.717, 1.165) is 11.4 Å². The van der Waals surface area contributed by atoms with E-state index in [0.29, 0.717) is 0 Å². The van der Waals surface area contributed by atoms with Gasteiger partial charge in [0.25, 0.3) is 0 Å². The van der Waals surface area contributed by atoms with Crippen LogP contribution in [0.4, 0.5) is 11.4 Å². The molecule has 0 aromatic heterocycles. The van der Waals surface area contributed by atoms with Crippen LogP contribution in [0.2, 0.25) is 0 Å². The second-order valence-electron chi connectivity index (χ2n) is 4.01. The zero-order chi connectivity index (χ0) is 13.7. The number of aromatic hydroxyl groups is 1. The number of benzene rings is 2. The largest absolute Gasteiger partial charge is 0.508 e. The van der Waals surface area contributed by atoms with Gasteiger partial charge in [-0.1, -0.05) is 18.2 Å². The molecule has 2 rings (SSSR count). The number of methoxy groups -OCH3 is 1. The number of carbonyl (C=O) groups excluding carboxylic acids is 1. The predicted octanol–water partition coefficient (Wildman–Crippen LogP) is 2.70. The number of carbonyl (C=O) groups is 1. The van der Waals surface area contributed by atoms with Gasteiger partial charge < -0.3 is 14.7 Å². The Morgan fingerprint density at radius 2 is 1.63 bits per heavy atom. The van der Waals surface area contributed by atoms with Crippen LogP contribution in [0.15, 0.2) is 54.6 Å². The van der Waals surface area contributed by atoms with Crippen LogP contribution >= 0.6 is 0 Å². The molecular formula is C15H15NO3. The van der Waals surface area contributed by atoms with Gasteiger partial charge in [0.15, 0.2) is 0 Å². The first-order chi connectivity index (χ1) is 9.20. The zero-order valence-electron chi connectivity index (χ0n) is 10.6. The van der Waals surface area contributed by atoms with Gasteiger partial charge in [0.05, 0.1) is 7.11 Å². The summed E-state index contributed by atoms with van der Waals surface area (Å²) in [6, 6.07) is 16.2. The molecule has 0 spiro atoms. The lowest BCUT2D eigenvalue weighted by Crippen LogP contribution is -2.26. The van der Waals surface area contributed by atoms with Gasteiger partial charge in [-0.05, 0) is 36.4 Å². The van der Waals surface area contributed by atoms with E-state index < -0.39 is 0 Å². The molecule has 0 heterocycles. The number of anilines is 2. The summed E-state index contributed by atoms with van der Waals surface area (Å²) in [5.74, 6) is -0.133. The van der Waals surface area contributed by atoms with Crippen LogP contribution in [0, 0.1) is 0 Å². The lowest BCUT2D eigenvalue weighted by Gasteiger charge is -2.23. The SMILES string of the molecule is COC(=O)CN(c1ccccc1)c1ccc(O)cc1. The van der Waals surface area contributed by atoms with Gasteiger partial charge in [-0.3, -0.25) is 4.79 Å². The van der Waals surface area contributed by atoms with Crippen molar-refractivity contribution in [1.29, 1.82) is 0 Å². The molecule has 0 saturated heterocycles. The van der Waals surface area contributed by atoms with Crippen molar-refractivity contribution in [2.75, 3.05) is 18.6 Å². The Morgan fingerprint density at radius 3 is 2.21 bits per heavy atom. The minimum Gasteiger partial charge on any atom is -0.508 e. The van der Waals surface area contributed by atoms with Gasteiger partial charge in [-0.15, -0.1) is 0 Å². The van der Waals surface area contributed by atoms with Crippen LogP contribution in [0.25, 0.3) is 0 Å². The van der Waals surface area contributed by atoms with Crippen molar-refractivity contribution in [2.45, 2.75) is 0 Å². The third kappa shape index (κ3) is 3.25. The minimum absolute atomic E-state index is 0.116. The highest BCUT2D eigenvalue weighted by molar-refractivity contribution is 5.80. The summed E-state index contributed by atoms with van der Waals surface area (Å²) < 4.78 is 4.72. The Bertz CT molecular complexity index is 537. The molecule has 4 nitrogen and oxygen atoms in total. The third-order valence-corrected chi connectivity index (χ3v) is 2.74. The van der Waals surface area contributed by atoms with Crippen LogP contribution < -0.4 is 4.90 Å². The molecule has 2 aromatic rings. The molecule has 0 bridgehead atoms. The van der Waals surface area contributed by atoms with Crippen LogP contribution in [0.3, 0.4) is 0 Å². The van der Waals surface area contributed by atoms with Crippen molar-refractivity contribution in [3.05, 3.63) is 54.6 Å². The maximum absolute atomic E-state index is 11.5. The van der Waals surface area contributed by atoms with Crippen molar-refractivity contribution in [3.63, 3.8) is 0 Å². The van der Waals surface area contributed by atoms with Crippen molar-refractivity contribution in [3.8, 4) is 5.75 Å². The number of para-hydroxylation sites is 1. The predicted molar refractivity (Wildman–Crippen MR) is 73.6 cm³/mol. The number of esters is 1. The zero-order valence-corrected chi connectivity index (χ0v) is 10.6. The molecular weight excluding hydrogens is 242 g/mol. The van der Waals surface area contributed by atoms with Gasteiger partial charge >= 0.3 is 5.97 Å². The first kappa shape index (κ1) is 13.0. The molecule has 19 heavy (non-hydrogen) atoms. The Balaban J connectivity index is 2.34. The topological polar surface area (TPSA) is 49.8 Å². The van der Waals surface area contributed by atoms with Crippen LogP contribution in [-0.2, 0) is 9.53 Å². The van der Waals surface area contributed by atoms with Crippen LogP contribution in [0.5, 0.6) is 5.75 Å². The van der Waals surface area contributed by atoms with E-state index in [-0.39, 0.29) is 18.3 Å². The summed E-state index contributed by atoms with van der Waals surface area (Å²) in [7, 11) is 1.36. The average molecular weight is 257 g/mol. The van der Waals surface area contributed by atoms with Gasteiger partial charge in [0.2, 0.25) is 0 Å². The molecule has 0 amide bonds. The monoisotopic (exact) mass is 257 g/mol. The Morgan fingerprint density at radius 1 is 1.05 bits per heavy atom. The summed E-state index contributed by atoms with van der Waals surface area (Å²) in [5.41, 5.74) is 1.70. The Hall–Kier alpha value is -2.49. The van der Waals surface area contributed by atoms with E-state index in [4.69, 9.17) is 4.74 Å². The normalized spacial score (nSPS) is 9.95. The maximum atomic E-state index is 11.5. The summed E-state index contributed by atoms with van der Waals surface area (Å²) >= 11 is 0. The number of rotatable bonds is 4. The van der Waals surface area contributed by atoms with E-state index in [1.807, 2.05) is 35.2 Å². The second kappa shape index (κ2) is 5.91. The fourth-order valence-corrected chi connectivity index (χ4v) is 1.77. The molecule has 0 fully saturated rings. The molecule has 98 valence electrons. The highest BCUT2D eigenvalue weighted by Gasteiger charge is 2.13. The highest BCUT2D eigenvalue weighted by Crippen LogP contribution is 2.26. The Kier molecular flexibility index (Phi) is 4.03. The lowest BCUT2D eigenvalue weighted by molar-refractivity contribution is -0.138. The van der Waals surface area contributed by atoms with Gasteiger partial charge in [-0.25, -0.2) is 0 Å². The number of phenols is 1. The highest BCUT2D eigenvalue weighted by atomic mass is 16.5. The molecule has 0 atom stereocenters. The van der Waals surface area contributed by atoms with Crippen molar-refractivity contribution in [2.24, 2.45) is 0 Å². The second-order valence-corrected chi connectivity index (χ2v) is 4.01. The maximum Gasteiger partial charge on any atom is 0.325 e. The molecule has 0 saturated carbocycles. The lowest BCUT2D eigenvalue weighted by atomic mass is 10.2. The van der Waals surface area contributed by atoms with Crippen molar-refractivity contribution >= 4 is 17.3 Å². The van der Waals surface area contributed by atoms with E-state index in [1.54, 1.807) is 24.3 Å². The quantitative estimate of drug-likeness (QED) is 0.856. The van der Waals surface area contributed by atoms with Crippen LogP contribution in [0.1, 0.15) is 0 Å². The van der Waals surface area contributed by atoms with Gasteiger partial charge in [0, 0.05) is 11.4 Å². The fraction of sp³-hybridized carbons (Fsp3) is 0.133. The number of hydrogen-bond donors (Lipinski definition) is 1. The minimum atomic E-state index is -0.322. The summed E-state index contributed by atoms with van der Waals surface area (Å²) in [5, 5.41) is 9.33. The fourth-order valence-electron chi connectivity index (χ4n) is 1.77. The summed E-state index contributed by atoms with van der Waals surface area (Å²) in [6.45, 7) is 0.116. The third-order valence-electron chi connectivity index (χ3n) is 2.74. The number of hydrogen-bond acceptors (Lipinski definition) is 4. The molecule has 1 N–H and O–H groups in total. The molecule has 0 unspecified atom stereocenters. The van der Waals surface area contributed by atoms with E-state index in [1.165, 1.54) is 7.11 Å². The standard InChI is InChI=1S/C15H15NO3/c1-19-15(18)11-16(12-5-3-2-4-6-12)13-7-9-14(17)10-8-13/h2-10,17H,11H2,1H3. The molecule has 4 heteroatoms. The van der Waals surface area contributed by atoms with Crippen LogP contribution in [-0.4, -0.2) is 24.7 Å². The van der Waals surface area contributed by atoms with E-state index in [9.17, 15) is 9.90 Å². The van der Waals surface area contributed by atoms with E-state index in [2.05, 4.69) is 0 Å². The molecule has 0 radical (unpaired) electrons. The average Bonchev–Trinajstić information content (AvgIpc) is 2.46. The van der Waals surface area contributed by atoms with Gasteiger partial charge in [-0.2, -0.15) is 0 Å². The van der Waals surface area contributed by atoms with Gasteiger partial charge in [0.1, 0.15) is 12.3 Å². The number of ether oxygens (including phenoxy) is 1. The van der Waals surface area contributed by atoms with Crippen molar-refractivity contribution in [1.82, 2.24) is 0 Å². The molecule has 0 aliphatic rings. The first-order valence-electron chi connectivity index (χ1n) is 5.89. The molecule has 0 aliphatic heterocycles. The number of phenolic OH excluding ortho intramolecular Hbond substituents is 1. The number of nitrogens with zero attached hydrogens (tertiary/aromatic N) is 1. The molecule has 0 aliphatic carbocycles.